The number of ether oxygens (including phenoxy) is 1. The molecule has 0 radical (unpaired) electrons. The van der Waals surface area contributed by atoms with Crippen LogP contribution in [-0.4, -0.2) is 26.7 Å². The lowest BCUT2D eigenvalue weighted by Crippen LogP contribution is -2.19. The number of benzene rings is 1. The number of nitriles is 1. The Kier molecular flexibility index (Phi) is 5.02. The van der Waals surface area contributed by atoms with Gasteiger partial charge in [0.25, 0.3) is 0 Å². The molecule has 0 aliphatic heterocycles. The Labute approximate surface area is 101 Å². The minimum atomic E-state index is -0.191. The van der Waals surface area contributed by atoms with Gasteiger partial charge in [-0.25, -0.2) is 0 Å². The molecule has 1 aromatic rings. The van der Waals surface area contributed by atoms with E-state index in [1.165, 1.54) is 7.11 Å². The molecule has 4 heteroatoms. The van der Waals surface area contributed by atoms with Gasteiger partial charge in [-0.1, -0.05) is 6.07 Å². The summed E-state index contributed by atoms with van der Waals surface area (Å²) in [5.74, 6) is -0.191. The first-order chi connectivity index (χ1) is 8.17. The fourth-order valence-corrected chi connectivity index (χ4v) is 1.50. The van der Waals surface area contributed by atoms with E-state index in [4.69, 9.17) is 5.26 Å². The van der Waals surface area contributed by atoms with Gasteiger partial charge in [-0.05, 0) is 24.6 Å². The third kappa shape index (κ3) is 4.15. The van der Waals surface area contributed by atoms with Crippen LogP contribution in [0.4, 0.5) is 5.69 Å². The summed E-state index contributed by atoms with van der Waals surface area (Å²) in [4.78, 5) is 13.0. The molecule has 90 valence electrons. The molecule has 4 nitrogen and oxygen atoms in total. The summed E-state index contributed by atoms with van der Waals surface area (Å²) in [6.07, 6.45) is 1.15. The third-order valence-corrected chi connectivity index (χ3v) is 2.52. The predicted octanol–water partition coefficient (Wildman–Crippen LogP) is 1.95. The second-order valence-electron chi connectivity index (χ2n) is 3.76. The molecule has 0 unspecified atom stereocenters. The predicted molar refractivity (Wildman–Crippen MR) is 65.7 cm³/mol. The maximum atomic E-state index is 10.9. The standard InChI is InChI=1S/C13H16N2O2/c1-15(8-4-7-13(16)17-2)12-6-3-5-11(9-12)10-14/h3,5-6,9H,4,7-8H2,1-2H3. The van der Waals surface area contributed by atoms with Crippen LogP contribution in [0.25, 0.3) is 0 Å². The molecule has 1 aromatic carbocycles. The Morgan fingerprint density at radius 3 is 2.94 bits per heavy atom. The van der Waals surface area contributed by atoms with E-state index in [1.807, 2.05) is 30.1 Å². The smallest absolute Gasteiger partial charge is 0.305 e. The van der Waals surface area contributed by atoms with Gasteiger partial charge in [0.15, 0.2) is 0 Å². The first-order valence-electron chi connectivity index (χ1n) is 5.45. The highest BCUT2D eigenvalue weighted by Crippen LogP contribution is 2.14. The molecule has 1 rings (SSSR count). The van der Waals surface area contributed by atoms with Crippen LogP contribution >= 0.6 is 0 Å². The summed E-state index contributed by atoms with van der Waals surface area (Å²) in [6.45, 7) is 0.754. The zero-order valence-electron chi connectivity index (χ0n) is 10.1. The summed E-state index contributed by atoms with van der Waals surface area (Å²) >= 11 is 0. The molecule has 0 amide bonds. The maximum Gasteiger partial charge on any atom is 0.305 e. The number of carbonyl (C=O) groups is 1. The summed E-state index contributed by atoms with van der Waals surface area (Å²) in [5.41, 5.74) is 1.62. The number of rotatable bonds is 5. The largest absolute Gasteiger partial charge is 0.469 e. The molecule has 0 N–H and O–H groups in total. The third-order valence-electron chi connectivity index (χ3n) is 2.52. The minimum absolute atomic E-state index is 0.191. The molecule has 0 saturated heterocycles. The van der Waals surface area contributed by atoms with Crippen molar-refractivity contribution in [2.45, 2.75) is 12.8 Å². The topological polar surface area (TPSA) is 53.3 Å². The minimum Gasteiger partial charge on any atom is -0.469 e. The van der Waals surface area contributed by atoms with Crippen LogP contribution in [-0.2, 0) is 9.53 Å². The quantitative estimate of drug-likeness (QED) is 0.728. The summed E-state index contributed by atoms with van der Waals surface area (Å²) < 4.78 is 4.57. The van der Waals surface area contributed by atoms with E-state index < -0.39 is 0 Å². The molecule has 0 spiro atoms. The number of hydrogen-bond acceptors (Lipinski definition) is 4. The van der Waals surface area contributed by atoms with Crippen molar-refractivity contribution in [3.8, 4) is 6.07 Å². The van der Waals surface area contributed by atoms with Gasteiger partial charge in [0.05, 0.1) is 18.7 Å². The SMILES string of the molecule is COC(=O)CCCN(C)c1cccc(C#N)c1. The monoisotopic (exact) mass is 232 g/mol. The highest BCUT2D eigenvalue weighted by Gasteiger charge is 2.04. The van der Waals surface area contributed by atoms with Crippen LogP contribution < -0.4 is 4.90 Å². The average molecular weight is 232 g/mol. The molecule has 0 bridgehead atoms. The van der Waals surface area contributed by atoms with E-state index in [9.17, 15) is 4.79 Å². The lowest BCUT2D eigenvalue weighted by atomic mass is 10.2. The molecule has 0 heterocycles. The van der Waals surface area contributed by atoms with Crippen molar-refractivity contribution in [2.24, 2.45) is 0 Å². The van der Waals surface area contributed by atoms with E-state index in [2.05, 4.69) is 10.8 Å². The Bertz CT molecular complexity index is 424. The van der Waals surface area contributed by atoms with Crippen molar-refractivity contribution in [3.63, 3.8) is 0 Å². The summed E-state index contributed by atoms with van der Waals surface area (Å²) in [6, 6.07) is 9.50. The molecule has 0 atom stereocenters. The molecule has 0 aliphatic rings. The Morgan fingerprint density at radius 1 is 1.53 bits per heavy atom. The number of nitrogens with zero attached hydrogens (tertiary/aromatic N) is 2. The summed E-state index contributed by atoms with van der Waals surface area (Å²) in [7, 11) is 3.33. The highest BCUT2D eigenvalue weighted by atomic mass is 16.5. The first-order valence-corrected chi connectivity index (χ1v) is 5.45. The lowest BCUT2D eigenvalue weighted by Gasteiger charge is -2.18. The van der Waals surface area contributed by atoms with Gasteiger partial charge in [-0.15, -0.1) is 0 Å². The number of hydrogen-bond donors (Lipinski definition) is 0. The molecule has 0 aromatic heterocycles. The van der Waals surface area contributed by atoms with E-state index in [1.54, 1.807) is 6.07 Å². The lowest BCUT2D eigenvalue weighted by molar-refractivity contribution is -0.140. The van der Waals surface area contributed by atoms with Gasteiger partial charge < -0.3 is 9.64 Å². The van der Waals surface area contributed by atoms with Gasteiger partial charge in [0.1, 0.15) is 0 Å². The van der Waals surface area contributed by atoms with Crippen molar-refractivity contribution in [3.05, 3.63) is 29.8 Å². The van der Waals surface area contributed by atoms with Crippen LogP contribution in [0.15, 0.2) is 24.3 Å². The van der Waals surface area contributed by atoms with Gasteiger partial charge in [-0.3, -0.25) is 4.79 Å². The zero-order valence-corrected chi connectivity index (χ0v) is 10.1. The first kappa shape index (κ1) is 13.0. The normalized spacial score (nSPS) is 9.47. The fourth-order valence-electron chi connectivity index (χ4n) is 1.50. The van der Waals surface area contributed by atoms with Crippen LogP contribution in [0.5, 0.6) is 0 Å². The maximum absolute atomic E-state index is 10.9. The van der Waals surface area contributed by atoms with Gasteiger partial charge in [-0.2, -0.15) is 5.26 Å². The van der Waals surface area contributed by atoms with E-state index in [-0.39, 0.29) is 5.97 Å². The highest BCUT2D eigenvalue weighted by molar-refractivity contribution is 5.69. The van der Waals surface area contributed by atoms with Crippen molar-refractivity contribution in [2.75, 3.05) is 25.6 Å². The van der Waals surface area contributed by atoms with E-state index in [0.717, 1.165) is 18.7 Å². The second kappa shape index (κ2) is 6.54. The Balaban J connectivity index is 2.49. The zero-order chi connectivity index (χ0) is 12.7. The van der Waals surface area contributed by atoms with Crippen molar-refractivity contribution in [1.82, 2.24) is 0 Å². The molecule has 0 fully saturated rings. The van der Waals surface area contributed by atoms with Crippen molar-refractivity contribution < 1.29 is 9.53 Å². The molecular formula is C13H16N2O2. The van der Waals surface area contributed by atoms with Gasteiger partial charge in [0.2, 0.25) is 0 Å². The Hall–Kier alpha value is -2.02. The van der Waals surface area contributed by atoms with Crippen LogP contribution in [0.1, 0.15) is 18.4 Å². The van der Waals surface area contributed by atoms with Crippen LogP contribution in [0, 0.1) is 11.3 Å². The number of esters is 1. The van der Waals surface area contributed by atoms with Gasteiger partial charge in [0, 0.05) is 25.7 Å². The van der Waals surface area contributed by atoms with Crippen LogP contribution in [0.3, 0.4) is 0 Å². The van der Waals surface area contributed by atoms with Crippen molar-refractivity contribution >= 4 is 11.7 Å². The molecule has 17 heavy (non-hydrogen) atoms. The van der Waals surface area contributed by atoms with Crippen molar-refractivity contribution in [1.29, 1.82) is 5.26 Å². The molecule has 0 aliphatic carbocycles. The molecular weight excluding hydrogens is 216 g/mol. The number of methoxy groups -OCH3 is 1. The van der Waals surface area contributed by atoms with E-state index >= 15 is 0 Å². The molecule has 0 saturated carbocycles. The second-order valence-corrected chi connectivity index (χ2v) is 3.76. The van der Waals surface area contributed by atoms with E-state index in [0.29, 0.717) is 12.0 Å². The fraction of sp³-hybridized carbons (Fsp3) is 0.385. The number of carbonyl (C=O) groups excluding carboxylic acids is 1. The summed E-state index contributed by atoms with van der Waals surface area (Å²) in [5, 5.41) is 8.79. The van der Waals surface area contributed by atoms with Crippen LogP contribution in [0.2, 0.25) is 0 Å². The Morgan fingerprint density at radius 2 is 2.29 bits per heavy atom. The van der Waals surface area contributed by atoms with Gasteiger partial charge >= 0.3 is 5.97 Å². The number of anilines is 1. The average Bonchev–Trinajstić information content (AvgIpc) is 2.38.